The van der Waals surface area contributed by atoms with E-state index in [9.17, 15) is 4.79 Å². The summed E-state index contributed by atoms with van der Waals surface area (Å²) < 4.78 is 12.2. The average Bonchev–Trinajstić information content (AvgIpc) is 2.72. The van der Waals surface area contributed by atoms with Crippen molar-refractivity contribution in [2.24, 2.45) is 7.05 Å². The Balaban J connectivity index is 2.32. The summed E-state index contributed by atoms with van der Waals surface area (Å²) in [5.74, 6) is 1.20. The lowest BCUT2D eigenvalue weighted by molar-refractivity contribution is 0.0989. The average molecular weight is 288 g/mol. The van der Waals surface area contributed by atoms with Crippen molar-refractivity contribution in [3.63, 3.8) is 0 Å². The molecule has 0 aliphatic carbocycles. The van der Waals surface area contributed by atoms with Crippen LogP contribution in [0.25, 0.3) is 0 Å². The molecule has 0 bridgehead atoms. The van der Waals surface area contributed by atoms with Crippen LogP contribution in [0.2, 0.25) is 0 Å². The molecular weight excluding hydrogens is 268 g/mol. The van der Waals surface area contributed by atoms with Crippen LogP contribution < -0.4 is 9.47 Å². The van der Waals surface area contributed by atoms with E-state index in [2.05, 4.69) is 5.10 Å². The van der Waals surface area contributed by atoms with Gasteiger partial charge in [-0.3, -0.25) is 9.48 Å². The van der Waals surface area contributed by atoms with Crippen LogP contribution in [-0.2, 0) is 13.5 Å². The number of carbonyl (C=O) groups excluding carboxylic acids is 1. The summed E-state index contributed by atoms with van der Waals surface area (Å²) in [7, 11) is 5.01. The molecule has 0 radical (unpaired) electrons. The predicted molar refractivity (Wildman–Crippen MR) is 80.3 cm³/mol. The predicted octanol–water partition coefficient (Wildman–Crippen LogP) is 2.48. The Kier molecular flexibility index (Phi) is 4.31. The van der Waals surface area contributed by atoms with Gasteiger partial charge in [0.15, 0.2) is 5.78 Å². The second-order valence-electron chi connectivity index (χ2n) is 4.94. The minimum atomic E-state index is 0.00806. The summed E-state index contributed by atoms with van der Waals surface area (Å²) in [6.45, 7) is 3.88. The van der Waals surface area contributed by atoms with Crippen molar-refractivity contribution in [1.82, 2.24) is 9.78 Å². The smallest absolute Gasteiger partial charge is 0.171 e. The zero-order valence-corrected chi connectivity index (χ0v) is 13.1. The van der Waals surface area contributed by atoms with Gasteiger partial charge in [-0.1, -0.05) is 0 Å². The van der Waals surface area contributed by atoms with Gasteiger partial charge < -0.3 is 9.47 Å². The van der Waals surface area contributed by atoms with E-state index in [0.717, 1.165) is 17.0 Å². The first-order valence-corrected chi connectivity index (χ1v) is 6.72. The molecule has 2 aromatic rings. The lowest BCUT2D eigenvalue weighted by atomic mass is 10.0. The van der Waals surface area contributed by atoms with Gasteiger partial charge in [0.25, 0.3) is 0 Å². The molecule has 0 unspecified atom stereocenters. The van der Waals surface area contributed by atoms with Crippen molar-refractivity contribution >= 4 is 5.78 Å². The number of ketones is 1. The number of carbonyl (C=O) groups is 1. The van der Waals surface area contributed by atoms with E-state index >= 15 is 0 Å². The summed E-state index contributed by atoms with van der Waals surface area (Å²) in [6.07, 6.45) is 0.314. The fourth-order valence-electron chi connectivity index (χ4n) is 2.36. The lowest BCUT2D eigenvalue weighted by Crippen LogP contribution is -2.07. The van der Waals surface area contributed by atoms with E-state index in [1.54, 1.807) is 37.1 Å². The molecule has 5 nitrogen and oxygen atoms in total. The summed E-state index contributed by atoms with van der Waals surface area (Å²) in [4.78, 5) is 12.5. The Hall–Kier alpha value is -2.30. The minimum Gasteiger partial charge on any atom is -0.497 e. The van der Waals surface area contributed by atoms with Gasteiger partial charge in [0.2, 0.25) is 0 Å². The number of benzene rings is 1. The molecule has 1 aromatic carbocycles. The number of Topliss-reactive ketones (excluding diaryl/α,β-unsaturated/α-hetero) is 1. The van der Waals surface area contributed by atoms with Crippen LogP contribution in [0, 0.1) is 13.8 Å². The molecule has 0 aliphatic rings. The van der Waals surface area contributed by atoms with E-state index in [-0.39, 0.29) is 5.78 Å². The molecular formula is C16H20N2O3. The normalized spacial score (nSPS) is 10.5. The van der Waals surface area contributed by atoms with Crippen LogP contribution in [-0.4, -0.2) is 29.8 Å². The number of rotatable bonds is 5. The van der Waals surface area contributed by atoms with E-state index in [1.807, 2.05) is 20.9 Å². The van der Waals surface area contributed by atoms with Crippen LogP contribution in [0.5, 0.6) is 11.5 Å². The summed E-state index contributed by atoms with van der Waals surface area (Å²) in [5, 5.41) is 4.34. The molecule has 5 heteroatoms. The molecule has 21 heavy (non-hydrogen) atoms. The Morgan fingerprint density at radius 3 is 2.48 bits per heavy atom. The van der Waals surface area contributed by atoms with E-state index in [0.29, 0.717) is 23.5 Å². The molecule has 0 saturated heterocycles. The standard InChI is InChI=1S/C16H20N2O3/c1-10-14(11(2)18(3)17-10)9-15(19)13-7-6-12(20-4)8-16(13)21-5/h6-8H,9H2,1-5H3. The molecule has 0 fully saturated rings. The minimum absolute atomic E-state index is 0.00806. The highest BCUT2D eigenvalue weighted by atomic mass is 16.5. The maximum atomic E-state index is 12.5. The summed E-state index contributed by atoms with van der Waals surface area (Å²) in [6, 6.07) is 5.22. The summed E-state index contributed by atoms with van der Waals surface area (Å²) >= 11 is 0. The number of aryl methyl sites for hydroxylation is 2. The van der Waals surface area contributed by atoms with Gasteiger partial charge in [0.05, 0.1) is 25.5 Å². The lowest BCUT2D eigenvalue weighted by Gasteiger charge is -2.10. The van der Waals surface area contributed by atoms with Crippen molar-refractivity contribution < 1.29 is 14.3 Å². The van der Waals surface area contributed by atoms with Gasteiger partial charge >= 0.3 is 0 Å². The molecule has 0 spiro atoms. The Labute approximate surface area is 124 Å². The molecule has 2 rings (SSSR count). The van der Waals surface area contributed by atoms with Crippen molar-refractivity contribution in [2.45, 2.75) is 20.3 Å². The van der Waals surface area contributed by atoms with E-state index < -0.39 is 0 Å². The number of hydrogen-bond donors (Lipinski definition) is 0. The van der Waals surface area contributed by atoms with Crippen LogP contribution in [0.4, 0.5) is 0 Å². The quantitative estimate of drug-likeness (QED) is 0.793. The van der Waals surface area contributed by atoms with Gasteiger partial charge in [0, 0.05) is 30.8 Å². The number of hydrogen-bond acceptors (Lipinski definition) is 4. The van der Waals surface area contributed by atoms with Crippen molar-refractivity contribution in [2.75, 3.05) is 14.2 Å². The van der Waals surface area contributed by atoms with Gasteiger partial charge in [0.1, 0.15) is 11.5 Å². The Morgan fingerprint density at radius 1 is 1.24 bits per heavy atom. The van der Waals surface area contributed by atoms with Gasteiger partial charge in [-0.15, -0.1) is 0 Å². The number of nitrogens with zero attached hydrogens (tertiary/aromatic N) is 2. The van der Waals surface area contributed by atoms with E-state index in [1.165, 1.54) is 0 Å². The molecule has 0 N–H and O–H groups in total. The number of ether oxygens (including phenoxy) is 2. The Bertz CT molecular complexity index is 674. The highest BCUT2D eigenvalue weighted by Gasteiger charge is 2.18. The largest absolute Gasteiger partial charge is 0.497 e. The fourth-order valence-corrected chi connectivity index (χ4v) is 2.36. The highest BCUT2D eigenvalue weighted by Crippen LogP contribution is 2.26. The van der Waals surface area contributed by atoms with Gasteiger partial charge in [-0.25, -0.2) is 0 Å². The first kappa shape index (κ1) is 15.1. The van der Waals surface area contributed by atoms with Gasteiger partial charge in [-0.05, 0) is 26.0 Å². The molecule has 1 heterocycles. The fraction of sp³-hybridized carbons (Fsp3) is 0.375. The molecule has 0 aliphatic heterocycles. The first-order valence-electron chi connectivity index (χ1n) is 6.72. The number of methoxy groups -OCH3 is 2. The van der Waals surface area contributed by atoms with Crippen LogP contribution >= 0.6 is 0 Å². The topological polar surface area (TPSA) is 53.3 Å². The molecule has 112 valence electrons. The molecule has 1 aromatic heterocycles. The monoisotopic (exact) mass is 288 g/mol. The number of aromatic nitrogens is 2. The summed E-state index contributed by atoms with van der Waals surface area (Å²) in [5.41, 5.74) is 3.42. The first-order chi connectivity index (χ1) is 9.97. The highest BCUT2D eigenvalue weighted by molar-refractivity contribution is 6.00. The molecule has 0 saturated carbocycles. The van der Waals surface area contributed by atoms with Crippen LogP contribution in [0.1, 0.15) is 27.3 Å². The maximum Gasteiger partial charge on any atom is 0.171 e. The Morgan fingerprint density at radius 2 is 1.95 bits per heavy atom. The third kappa shape index (κ3) is 2.91. The third-order valence-electron chi connectivity index (χ3n) is 3.71. The van der Waals surface area contributed by atoms with Crippen molar-refractivity contribution in [3.8, 4) is 11.5 Å². The zero-order chi connectivity index (χ0) is 15.6. The van der Waals surface area contributed by atoms with Crippen LogP contribution in [0.15, 0.2) is 18.2 Å². The molecule has 0 atom stereocenters. The maximum absolute atomic E-state index is 12.5. The second-order valence-corrected chi connectivity index (χ2v) is 4.94. The van der Waals surface area contributed by atoms with Gasteiger partial charge in [-0.2, -0.15) is 5.10 Å². The third-order valence-corrected chi connectivity index (χ3v) is 3.71. The second kappa shape index (κ2) is 5.99. The molecule has 0 amide bonds. The van der Waals surface area contributed by atoms with E-state index in [4.69, 9.17) is 9.47 Å². The zero-order valence-electron chi connectivity index (χ0n) is 13.1. The van der Waals surface area contributed by atoms with Crippen molar-refractivity contribution in [1.29, 1.82) is 0 Å². The SMILES string of the molecule is COc1ccc(C(=O)Cc2c(C)nn(C)c2C)c(OC)c1. The van der Waals surface area contributed by atoms with Crippen LogP contribution in [0.3, 0.4) is 0 Å². The van der Waals surface area contributed by atoms with Crippen molar-refractivity contribution in [3.05, 3.63) is 40.7 Å².